The quantitative estimate of drug-likeness (QED) is 0.669. The third-order valence-electron chi connectivity index (χ3n) is 5.35. The van der Waals surface area contributed by atoms with Crippen LogP contribution >= 0.6 is 0 Å². The van der Waals surface area contributed by atoms with Crippen molar-refractivity contribution < 1.29 is 13.2 Å². The largest absolute Gasteiger partial charge is 0.348 e. The number of aromatic nitrogens is 2. The summed E-state index contributed by atoms with van der Waals surface area (Å²) in [6.07, 6.45) is 4.82. The van der Waals surface area contributed by atoms with E-state index >= 15 is 0 Å². The number of nitrogens with zero attached hydrogens (tertiary/aromatic N) is 5. The summed E-state index contributed by atoms with van der Waals surface area (Å²) in [6, 6.07) is -0.192. The molecule has 0 aromatic carbocycles. The number of piperazine rings is 1. The van der Waals surface area contributed by atoms with Crippen LogP contribution in [0.4, 0.5) is 0 Å². The van der Waals surface area contributed by atoms with Gasteiger partial charge in [0.05, 0.1) is 24.6 Å². The standard InChI is InChI=1S/C17H29N5O3S/c1-4-6-20-7-5-18-16(20)10-21-8-9-22(11-17(23)19(2)3)15-13-26(24,25)12-14(15)21/h5,7,14-15H,4,6,8-13H2,1-3H3. The van der Waals surface area contributed by atoms with E-state index in [2.05, 4.69) is 21.4 Å². The number of hydrogen-bond donors (Lipinski definition) is 0. The van der Waals surface area contributed by atoms with E-state index in [-0.39, 0.29) is 36.0 Å². The SMILES string of the molecule is CCCn1ccnc1CN1CCN(CC(=O)N(C)C)C2CS(=O)(=O)CC21. The molecule has 2 unspecified atom stereocenters. The smallest absolute Gasteiger partial charge is 0.236 e. The van der Waals surface area contributed by atoms with E-state index < -0.39 is 9.84 Å². The van der Waals surface area contributed by atoms with Crippen LogP contribution in [0.25, 0.3) is 0 Å². The van der Waals surface area contributed by atoms with Gasteiger partial charge < -0.3 is 9.47 Å². The van der Waals surface area contributed by atoms with Crippen molar-refractivity contribution >= 4 is 15.7 Å². The Kier molecular flexibility index (Phi) is 5.69. The summed E-state index contributed by atoms with van der Waals surface area (Å²) in [4.78, 5) is 22.4. The lowest BCUT2D eigenvalue weighted by atomic mass is 10.0. The Bertz CT molecular complexity index is 745. The molecule has 2 aliphatic rings. The molecule has 1 amide bonds. The predicted octanol–water partition coefficient (Wildman–Crippen LogP) is -0.335. The van der Waals surface area contributed by atoms with Crippen LogP contribution in [0.3, 0.4) is 0 Å². The van der Waals surface area contributed by atoms with E-state index in [1.54, 1.807) is 25.2 Å². The number of rotatable bonds is 6. The first-order valence-electron chi connectivity index (χ1n) is 9.19. The fourth-order valence-corrected chi connectivity index (χ4v) is 5.96. The predicted molar refractivity (Wildman–Crippen MR) is 99.4 cm³/mol. The van der Waals surface area contributed by atoms with Gasteiger partial charge >= 0.3 is 0 Å². The minimum Gasteiger partial charge on any atom is -0.348 e. The summed E-state index contributed by atoms with van der Waals surface area (Å²) >= 11 is 0. The maximum Gasteiger partial charge on any atom is 0.236 e. The summed E-state index contributed by atoms with van der Waals surface area (Å²) in [5.74, 6) is 1.30. The van der Waals surface area contributed by atoms with Crippen LogP contribution in [0.15, 0.2) is 12.4 Å². The van der Waals surface area contributed by atoms with E-state index in [9.17, 15) is 13.2 Å². The van der Waals surface area contributed by atoms with E-state index in [0.717, 1.165) is 25.3 Å². The van der Waals surface area contributed by atoms with Crippen LogP contribution in [-0.2, 0) is 27.7 Å². The number of carbonyl (C=O) groups excluding carboxylic acids is 1. The maximum absolute atomic E-state index is 12.3. The monoisotopic (exact) mass is 383 g/mol. The Balaban J connectivity index is 1.76. The fraction of sp³-hybridized carbons (Fsp3) is 0.765. The van der Waals surface area contributed by atoms with Crippen molar-refractivity contribution in [2.45, 2.75) is 38.5 Å². The van der Waals surface area contributed by atoms with Gasteiger partial charge in [-0.25, -0.2) is 13.4 Å². The molecule has 0 aliphatic carbocycles. The number of amides is 1. The second-order valence-electron chi connectivity index (χ2n) is 7.48. The molecule has 2 saturated heterocycles. The Labute approximate surface area is 155 Å². The van der Waals surface area contributed by atoms with E-state index in [0.29, 0.717) is 13.1 Å². The third-order valence-corrected chi connectivity index (χ3v) is 7.05. The second-order valence-corrected chi connectivity index (χ2v) is 9.63. The molecule has 26 heavy (non-hydrogen) atoms. The Morgan fingerprint density at radius 1 is 1.23 bits per heavy atom. The molecular weight excluding hydrogens is 354 g/mol. The van der Waals surface area contributed by atoms with Gasteiger partial charge in [-0.2, -0.15) is 0 Å². The minimum absolute atomic E-state index is 0.0139. The van der Waals surface area contributed by atoms with Crippen molar-refractivity contribution in [1.82, 2.24) is 24.3 Å². The van der Waals surface area contributed by atoms with Gasteiger partial charge in [0.15, 0.2) is 9.84 Å². The van der Waals surface area contributed by atoms with E-state index in [1.165, 1.54) is 0 Å². The molecule has 0 N–H and O–H groups in total. The highest BCUT2D eigenvalue weighted by Crippen LogP contribution is 2.28. The van der Waals surface area contributed by atoms with Crippen molar-refractivity contribution in [2.75, 3.05) is 45.2 Å². The number of fused-ring (bicyclic) bond motifs is 1. The van der Waals surface area contributed by atoms with Gasteiger partial charge in [0, 0.05) is 58.2 Å². The zero-order valence-electron chi connectivity index (χ0n) is 15.8. The van der Waals surface area contributed by atoms with E-state index in [1.807, 2.05) is 11.1 Å². The minimum atomic E-state index is -3.09. The number of likely N-dealkylation sites (N-methyl/N-ethyl adjacent to an activating group) is 1. The average molecular weight is 384 g/mol. The molecule has 8 nitrogen and oxygen atoms in total. The lowest BCUT2D eigenvalue weighted by Crippen LogP contribution is -2.60. The molecule has 9 heteroatoms. The van der Waals surface area contributed by atoms with Crippen LogP contribution < -0.4 is 0 Å². The molecule has 0 saturated carbocycles. The number of imidazole rings is 1. The number of carbonyl (C=O) groups is 1. The highest BCUT2D eigenvalue weighted by atomic mass is 32.2. The normalized spacial score (nSPS) is 26.0. The molecule has 2 aliphatic heterocycles. The van der Waals surface area contributed by atoms with Crippen LogP contribution in [0.1, 0.15) is 19.2 Å². The molecule has 3 heterocycles. The summed E-state index contributed by atoms with van der Waals surface area (Å²) in [7, 11) is 0.377. The van der Waals surface area contributed by atoms with Crippen LogP contribution in [0, 0.1) is 0 Å². The third kappa shape index (κ3) is 4.10. The molecule has 1 aromatic heterocycles. The van der Waals surface area contributed by atoms with E-state index in [4.69, 9.17) is 0 Å². The zero-order chi connectivity index (χ0) is 18.9. The summed E-state index contributed by atoms with van der Waals surface area (Å²) < 4.78 is 26.8. The Hall–Kier alpha value is -1.45. The first-order valence-corrected chi connectivity index (χ1v) is 11.0. The maximum atomic E-state index is 12.3. The molecule has 0 bridgehead atoms. The first-order chi connectivity index (χ1) is 12.3. The van der Waals surface area contributed by atoms with Crippen LogP contribution in [-0.4, -0.2) is 95.9 Å². The fourth-order valence-electron chi connectivity index (χ4n) is 3.92. The van der Waals surface area contributed by atoms with Crippen molar-refractivity contribution in [3.05, 3.63) is 18.2 Å². The molecule has 2 atom stereocenters. The number of hydrogen-bond acceptors (Lipinski definition) is 6. The summed E-state index contributed by atoms with van der Waals surface area (Å²) in [6.45, 7) is 5.42. The van der Waals surface area contributed by atoms with Gasteiger partial charge in [-0.3, -0.25) is 14.6 Å². The van der Waals surface area contributed by atoms with Crippen LogP contribution in [0.5, 0.6) is 0 Å². The average Bonchev–Trinajstić information content (AvgIpc) is 3.13. The molecule has 3 rings (SSSR count). The van der Waals surface area contributed by atoms with Crippen molar-refractivity contribution in [3.8, 4) is 0 Å². The highest BCUT2D eigenvalue weighted by molar-refractivity contribution is 7.91. The summed E-state index contributed by atoms with van der Waals surface area (Å²) in [5, 5.41) is 0. The molecule has 146 valence electrons. The van der Waals surface area contributed by atoms with Gasteiger partial charge in [-0.1, -0.05) is 6.92 Å². The molecular formula is C17H29N5O3S. The van der Waals surface area contributed by atoms with Crippen molar-refractivity contribution in [3.63, 3.8) is 0 Å². The number of sulfone groups is 1. The molecule has 2 fully saturated rings. The van der Waals surface area contributed by atoms with Gasteiger partial charge in [-0.15, -0.1) is 0 Å². The van der Waals surface area contributed by atoms with Crippen molar-refractivity contribution in [2.24, 2.45) is 0 Å². The Morgan fingerprint density at radius 3 is 2.54 bits per heavy atom. The van der Waals surface area contributed by atoms with Crippen LogP contribution in [0.2, 0.25) is 0 Å². The Morgan fingerprint density at radius 2 is 1.88 bits per heavy atom. The van der Waals surface area contributed by atoms with Crippen molar-refractivity contribution in [1.29, 1.82) is 0 Å². The van der Waals surface area contributed by atoms with Gasteiger partial charge in [0.2, 0.25) is 5.91 Å². The molecule has 0 spiro atoms. The molecule has 1 aromatic rings. The lowest BCUT2D eigenvalue weighted by Gasteiger charge is -2.43. The summed E-state index contributed by atoms with van der Waals surface area (Å²) in [5.41, 5.74) is 0. The molecule has 0 radical (unpaired) electrons. The second kappa shape index (κ2) is 7.66. The van der Waals surface area contributed by atoms with Gasteiger partial charge in [0.25, 0.3) is 0 Å². The van der Waals surface area contributed by atoms with Gasteiger partial charge in [-0.05, 0) is 6.42 Å². The van der Waals surface area contributed by atoms with Gasteiger partial charge in [0.1, 0.15) is 5.82 Å². The topological polar surface area (TPSA) is 78.8 Å². The number of aryl methyl sites for hydroxylation is 1. The highest BCUT2D eigenvalue weighted by Gasteiger charge is 2.47. The zero-order valence-corrected chi connectivity index (χ0v) is 16.7. The lowest BCUT2D eigenvalue weighted by molar-refractivity contribution is -0.131. The first kappa shape index (κ1) is 19.3.